The van der Waals surface area contributed by atoms with Crippen LogP contribution < -0.4 is 10.6 Å². The highest BCUT2D eigenvalue weighted by atomic mass is 35.5. The van der Waals surface area contributed by atoms with E-state index in [4.69, 9.17) is 20.5 Å². The van der Waals surface area contributed by atoms with Gasteiger partial charge >= 0.3 is 6.09 Å². The predicted octanol–water partition coefficient (Wildman–Crippen LogP) is 3.08. The quantitative estimate of drug-likeness (QED) is 0.278. The summed E-state index contributed by atoms with van der Waals surface area (Å²) >= 11 is 6.18. The first-order chi connectivity index (χ1) is 17.7. The Morgan fingerprint density at radius 3 is 2.61 bits per heavy atom. The Morgan fingerprint density at radius 2 is 1.97 bits per heavy atom. The molecule has 1 aromatic carbocycles. The molecule has 210 valence electrons. The zero-order chi connectivity index (χ0) is 28.1. The molecule has 3 amide bonds. The molecular formula is C25H35ClN4O7S. The van der Waals surface area contributed by atoms with Crippen LogP contribution in [0.2, 0.25) is 5.02 Å². The van der Waals surface area contributed by atoms with Crippen molar-refractivity contribution in [2.75, 3.05) is 19.4 Å². The number of amides is 3. The molecule has 1 saturated heterocycles. The van der Waals surface area contributed by atoms with Crippen molar-refractivity contribution < 1.29 is 31.7 Å². The van der Waals surface area contributed by atoms with Crippen molar-refractivity contribution >= 4 is 50.5 Å². The zero-order valence-corrected chi connectivity index (χ0v) is 23.6. The van der Waals surface area contributed by atoms with Gasteiger partial charge in [0.1, 0.15) is 17.7 Å². The van der Waals surface area contributed by atoms with Crippen molar-refractivity contribution in [1.82, 2.24) is 20.5 Å². The smallest absolute Gasteiger partial charge is 0.408 e. The highest BCUT2D eigenvalue weighted by Crippen LogP contribution is 2.24. The van der Waals surface area contributed by atoms with Crippen LogP contribution in [-0.4, -0.2) is 73.3 Å². The molecule has 0 radical (unpaired) electrons. The molecule has 2 aromatic rings. The molecule has 0 unspecified atom stereocenters. The van der Waals surface area contributed by atoms with Gasteiger partial charge in [-0.2, -0.15) is 8.42 Å². The Hall–Kier alpha value is -2.83. The Kier molecular flexibility index (Phi) is 9.66. The molecule has 1 aromatic heterocycles. The second-order valence-electron chi connectivity index (χ2n) is 10.3. The van der Waals surface area contributed by atoms with Gasteiger partial charge in [-0.15, -0.1) is 0 Å². The van der Waals surface area contributed by atoms with Crippen LogP contribution in [0.15, 0.2) is 24.4 Å². The molecule has 0 bridgehead atoms. The molecule has 1 aliphatic heterocycles. The van der Waals surface area contributed by atoms with E-state index in [1.54, 1.807) is 27.0 Å². The number of ether oxygens (including phenoxy) is 1. The molecule has 3 rings (SSSR count). The standard InChI is InChI=1S/C25H35ClN4O7S/c1-25(2,3)37-24(33)29-20(7-5-6-12-36-38(4,34)35)23(32)30-11-10-21(30)22(31)28-14-16-8-9-19-17(13-16)18(26)15-27-19/h8-9,13,15,20-21,27H,5-7,10-12,14H2,1-4H3,(H,28,31)(H,29,33)/t20-,21+/m1/s1. The number of carbonyl (C=O) groups excluding carboxylic acids is 3. The van der Waals surface area contributed by atoms with Gasteiger partial charge in [-0.1, -0.05) is 17.7 Å². The summed E-state index contributed by atoms with van der Waals surface area (Å²) in [6.45, 7) is 5.76. The average molecular weight is 571 g/mol. The summed E-state index contributed by atoms with van der Waals surface area (Å²) in [5.74, 6) is -0.686. The van der Waals surface area contributed by atoms with Crippen molar-refractivity contribution in [3.05, 3.63) is 35.0 Å². The molecule has 2 atom stereocenters. The molecule has 0 aliphatic carbocycles. The number of aromatic amines is 1. The molecule has 38 heavy (non-hydrogen) atoms. The molecule has 2 heterocycles. The Bertz CT molecular complexity index is 1270. The van der Waals surface area contributed by atoms with Crippen LogP contribution in [0.3, 0.4) is 0 Å². The van der Waals surface area contributed by atoms with Gasteiger partial charge in [-0.25, -0.2) is 4.79 Å². The van der Waals surface area contributed by atoms with Crippen LogP contribution in [0.5, 0.6) is 0 Å². The van der Waals surface area contributed by atoms with Crippen LogP contribution in [0.4, 0.5) is 4.79 Å². The summed E-state index contributed by atoms with van der Waals surface area (Å²) in [5.41, 5.74) is 1.01. The van der Waals surface area contributed by atoms with E-state index >= 15 is 0 Å². The van der Waals surface area contributed by atoms with Crippen LogP contribution in [0.1, 0.15) is 52.0 Å². The van der Waals surface area contributed by atoms with E-state index in [0.29, 0.717) is 30.8 Å². The maximum atomic E-state index is 13.3. The van der Waals surface area contributed by atoms with Crippen LogP contribution in [0.25, 0.3) is 10.9 Å². The number of benzene rings is 1. The first-order valence-electron chi connectivity index (χ1n) is 12.4. The number of nitrogens with zero attached hydrogens (tertiary/aromatic N) is 1. The van der Waals surface area contributed by atoms with Gasteiger partial charge < -0.3 is 25.3 Å². The summed E-state index contributed by atoms with van der Waals surface area (Å²) in [5, 5.41) is 6.93. The van der Waals surface area contributed by atoms with E-state index in [2.05, 4.69) is 15.6 Å². The van der Waals surface area contributed by atoms with E-state index in [-0.39, 0.29) is 25.5 Å². The lowest BCUT2D eigenvalue weighted by atomic mass is 9.98. The first kappa shape index (κ1) is 29.7. The van der Waals surface area contributed by atoms with Gasteiger partial charge in [0.05, 0.1) is 17.9 Å². The zero-order valence-electron chi connectivity index (χ0n) is 22.0. The number of aromatic nitrogens is 1. The summed E-state index contributed by atoms with van der Waals surface area (Å²) in [7, 11) is -3.56. The lowest BCUT2D eigenvalue weighted by Gasteiger charge is -2.41. The van der Waals surface area contributed by atoms with E-state index in [1.807, 2.05) is 18.2 Å². The molecule has 11 nitrogen and oxygen atoms in total. The van der Waals surface area contributed by atoms with Crippen LogP contribution >= 0.6 is 11.6 Å². The number of unbranched alkanes of at least 4 members (excludes halogenated alkanes) is 1. The monoisotopic (exact) mass is 570 g/mol. The van der Waals surface area contributed by atoms with Gasteiger partial charge in [0.25, 0.3) is 10.1 Å². The fraction of sp³-hybridized carbons (Fsp3) is 0.560. The molecule has 1 fully saturated rings. The number of H-pyrrole nitrogens is 1. The number of hydrogen-bond donors (Lipinski definition) is 3. The fourth-order valence-electron chi connectivity index (χ4n) is 4.04. The number of fused-ring (bicyclic) bond motifs is 1. The van der Waals surface area contributed by atoms with E-state index in [0.717, 1.165) is 22.7 Å². The number of nitrogens with one attached hydrogen (secondary N) is 3. The topological polar surface area (TPSA) is 147 Å². The molecule has 0 spiro atoms. The third kappa shape index (κ3) is 8.60. The van der Waals surface area contributed by atoms with Crippen LogP contribution in [0, 0.1) is 0 Å². The van der Waals surface area contributed by atoms with Gasteiger partial charge in [0, 0.05) is 30.2 Å². The second kappa shape index (κ2) is 12.4. The minimum atomic E-state index is -3.56. The van der Waals surface area contributed by atoms with E-state index < -0.39 is 39.8 Å². The van der Waals surface area contributed by atoms with Gasteiger partial charge in [0.2, 0.25) is 11.8 Å². The minimum absolute atomic E-state index is 0.0271. The maximum Gasteiger partial charge on any atom is 0.408 e. The van der Waals surface area contributed by atoms with Gasteiger partial charge in [-0.05, 0) is 64.2 Å². The fourth-order valence-corrected chi connectivity index (χ4v) is 4.67. The largest absolute Gasteiger partial charge is 0.444 e. The highest BCUT2D eigenvalue weighted by Gasteiger charge is 2.40. The average Bonchev–Trinajstić information content (AvgIpc) is 3.14. The number of carbonyl (C=O) groups is 3. The van der Waals surface area contributed by atoms with Crippen molar-refractivity contribution in [3.8, 4) is 0 Å². The molecule has 1 aliphatic rings. The van der Waals surface area contributed by atoms with Crippen molar-refractivity contribution in [2.45, 2.75) is 70.7 Å². The van der Waals surface area contributed by atoms with E-state index in [9.17, 15) is 22.8 Å². The number of hydrogen-bond acceptors (Lipinski definition) is 7. The summed E-state index contributed by atoms with van der Waals surface area (Å²) < 4.78 is 32.3. The SMILES string of the molecule is CC(C)(C)OC(=O)N[C@H](CCCCOS(C)(=O)=O)C(=O)N1CC[C@H]1C(=O)NCc1ccc2[nH]cc(Cl)c2c1. The van der Waals surface area contributed by atoms with E-state index in [1.165, 1.54) is 4.90 Å². The summed E-state index contributed by atoms with van der Waals surface area (Å²) in [4.78, 5) is 43.1. The normalized spacial score (nSPS) is 16.6. The van der Waals surface area contributed by atoms with Crippen molar-refractivity contribution in [1.29, 1.82) is 0 Å². The Morgan fingerprint density at radius 1 is 1.24 bits per heavy atom. The van der Waals surface area contributed by atoms with Crippen molar-refractivity contribution in [2.24, 2.45) is 0 Å². The Labute approximate surface area is 227 Å². The third-order valence-corrected chi connectivity index (χ3v) is 6.85. The lowest BCUT2D eigenvalue weighted by Crippen LogP contribution is -2.62. The van der Waals surface area contributed by atoms with Gasteiger partial charge in [-0.3, -0.25) is 13.8 Å². The first-order valence-corrected chi connectivity index (χ1v) is 14.6. The third-order valence-electron chi connectivity index (χ3n) is 5.94. The number of rotatable bonds is 11. The van der Waals surface area contributed by atoms with Crippen LogP contribution in [-0.2, 0) is 35.2 Å². The Balaban J connectivity index is 1.59. The van der Waals surface area contributed by atoms with Gasteiger partial charge in [0.15, 0.2) is 0 Å². The maximum absolute atomic E-state index is 13.3. The molecule has 0 saturated carbocycles. The van der Waals surface area contributed by atoms with Crippen molar-refractivity contribution in [3.63, 3.8) is 0 Å². The lowest BCUT2D eigenvalue weighted by molar-refractivity contribution is -0.149. The second-order valence-corrected chi connectivity index (χ2v) is 12.3. The molecule has 13 heteroatoms. The number of alkyl carbamates (subject to hydrolysis) is 1. The molecule has 3 N–H and O–H groups in total. The number of halogens is 1. The summed E-state index contributed by atoms with van der Waals surface area (Å²) in [6.07, 6.45) is 3.43. The minimum Gasteiger partial charge on any atom is -0.444 e. The highest BCUT2D eigenvalue weighted by molar-refractivity contribution is 7.85. The molecular weight excluding hydrogens is 536 g/mol. The predicted molar refractivity (Wildman–Crippen MR) is 143 cm³/mol. The number of likely N-dealkylation sites (tertiary alicyclic amines) is 1. The summed E-state index contributed by atoms with van der Waals surface area (Å²) in [6, 6.07) is 4.07.